The van der Waals surface area contributed by atoms with Gasteiger partial charge in [-0.1, -0.05) is 59.8 Å². The maximum absolute atomic E-state index is 4.65. The normalized spacial score (nSPS) is 13.7. The van der Waals surface area contributed by atoms with Crippen molar-refractivity contribution in [1.29, 1.82) is 0 Å². The second-order valence-corrected chi connectivity index (χ2v) is 7.49. The van der Waals surface area contributed by atoms with Crippen molar-refractivity contribution in [1.82, 2.24) is 4.98 Å². The summed E-state index contributed by atoms with van der Waals surface area (Å²) in [5.41, 5.74) is 3.97. The Kier molecular flexibility index (Phi) is 2.15. The molecule has 0 spiro atoms. The third-order valence-electron chi connectivity index (χ3n) is 4.54. The molecule has 2 heterocycles. The number of pyridine rings is 1. The lowest BCUT2D eigenvalue weighted by Crippen LogP contribution is -2.21. The van der Waals surface area contributed by atoms with Crippen LogP contribution in [0.15, 0.2) is 66.9 Å². The predicted molar refractivity (Wildman–Crippen MR) is 92.5 cm³/mol. The minimum Gasteiger partial charge on any atom is -0.256 e. The van der Waals surface area contributed by atoms with Crippen molar-refractivity contribution in [3.63, 3.8) is 0 Å². The SMILES string of the molecule is c1ccc2c3c(ccc2c1)-c1c(ccc2cccnc12)[SiH2]3. The highest BCUT2D eigenvalue weighted by Crippen LogP contribution is 2.30. The van der Waals surface area contributed by atoms with Gasteiger partial charge in [0.1, 0.15) is 0 Å². The smallest absolute Gasteiger partial charge is 0.0900 e. The zero-order valence-corrected chi connectivity index (χ0v) is 12.9. The molecule has 0 unspecified atom stereocenters. The van der Waals surface area contributed by atoms with Gasteiger partial charge in [-0.15, -0.1) is 0 Å². The number of benzene rings is 3. The second-order valence-electron chi connectivity index (χ2n) is 5.66. The Hall–Kier alpha value is -2.45. The van der Waals surface area contributed by atoms with Gasteiger partial charge in [0, 0.05) is 17.1 Å². The van der Waals surface area contributed by atoms with Crippen molar-refractivity contribution in [3.05, 3.63) is 66.9 Å². The third kappa shape index (κ3) is 1.48. The lowest BCUT2D eigenvalue weighted by atomic mass is 9.99. The Morgan fingerprint density at radius 1 is 0.762 bits per heavy atom. The molecule has 1 aliphatic rings. The van der Waals surface area contributed by atoms with Crippen molar-refractivity contribution < 1.29 is 0 Å². The monoisotopic (exact) mass is 283 g/mol. The van der Waals surface area contributed by atoms with E-state index in [9.17, 15) is 0 Å². The Morgan fingerprint density at radius 2 is 1.62 bits per heavy atom. The fourth-order valence-corrected chi connectivity index (χ4v) is 5.73. The number of hydrogen-bond acceptors (Lipinski definition) is 1. The maximum Gasteiger partial charge on any atom is 0.0900 e. The Balaban J connectivity index is 1.93. The summed E-state index contributed by atoms with van der Waals surface area (Å²) in [5.74, 6) is 0. The lowest BCUT2D eigenvalue weighted by molar-refractivity contribution is 1.42. The molecule has 4 aromatic rings. The first-order valence-electron chi connectivity index (χ1n) is 7.29. The minimum absolute atomic E-state index is 0.410. The van der Waals surface area contributed by atoms with E-state index < -0.39 is 9.52 Å². The van der Waals surface area contributed by atoms with Gasteiger partial charge in [0.2, 0.25) is 0 Å². The summed E-state index contributed by atoms with van der Waals surface area (Å²) in [6, 6.07) is 22.0. The molecule has 0 amide bonds. The van der Waals surface area contributed by atoms with Gasteiger partial charge in [0.05, 0.1) is 15.0 Å². The molecular weight excluding hydrogens is 270 g/mol. The van der Waals surface area contributed by atoms with Gasteiger partial charge in [0.15, 0.2) is 0 Å². The quantitative estimate of drug-likeness (QED) is 0.398. The maximum atomic E-state index is 4.65. The lowest BCUT2D eigenvalue weighted by Gasteiger charge is -2.07. The average molecular weight is 283 g/mol. The van der Waals surface area contributed by atoms with E-state index >= 15 is 0 Å². The van der Waals surface area contributed by atoms with Crippen LogP contribution in [-0.4, -0.2) is 14.5 Å². The van der Waals surface area contributed by atoms with Crippen LogP contribution in [0.3, 0.4) is 0 Å². The second kappa shape index (κ2) is 4.03. The summed E-state index contributed by atoms with van der Waals surface area (Å²) in [5, 5.41) is 7.15. The van der Waals surface area contributed by atoms with E-state index in [-0.39, 0.29) is 0 Å². The van der Waals surface area contributed by atoms with Crippen LogP contribution in [0, 0.1) is 0 Å². The number of hydrogen-bond donors (Lipinski definition) is 0. The van der Waals surface area contributed by atoms with Crippen LogP contribution in [0.1, 0.15) is 0 Å². The molecule has 0 saturated carbocycles. The van der Waals surface area contributed by atoms with Gasteiger partial charge in [-0.25, -0.2) is 0 Å². The van der Waals surface area contributed by atoms with E-state index in [2.05, 4.69) is 59.6 Å². The van der Waals surface area contributed by atoms with Gasteiger partial charge in [-0.2, -0.15) is 0 Å². The third-order valence-corrected chi connectivity index (χ3v) is 6.62. The Morgan fingerprint density at radius 3 is 2.62 bits per heavy atom. The topological polar surface area (TPSA) is 12.9 Å². The highest BCUT2D eigenvalue weighted by molar-refractivity contribution is 6.76. The molecule has 0 N–H and O–H groups in total. The van der Waals surface area contributed by atoms with E-state index in [1.54, 1.807) is 5.19 Å². The molecule has 0 atom stereocenters. The van der Waals surface area contributed by atoms with Crippen LogP contribution < -0.4 is 10.4 Å². The first kappa shape index (κ1) is 11.2. The van der Waals surface area contributed by atoms with E-state index in [0.717, 1.165) is 5.52 Å². The molecule has 21 heavy (non-hydrogen) atoms. The molecule has 0 saturated heterocycles. The standard InChI is InChI=1S/C19H13NSi/c1-2-6-14-12(4-1)7-9-15-17-16(21-19(14)15)10-8-13-5-3-11-20-18(13)17/h1-11H,21H2. The number of aromatic nitrogens is 1. The predicted octanol–water partition coefficient (Wildman–Crippen LogP) is 2.49. The van der Waals surface area contributed by atoms with Crippen LogP contribution in [0.4, 0.5) is 0 Å². The van der Waals surface area contributed by atoms with E-state index in [1.807, 2.05) is 12.3 Å². The minimum atomic E-state index is -0.410. The molecule has 2 heteroatoms. The number of nitrogens with zero attached hydrogens (tertiary/aromatic N) is 1. The van der Waals surface area contributed by atoms with Crippen LogP contribution in [0.2, 0.25) is 0 Å². The van der Waals surface area contributed by atoms with E-state index in [0.29, 0.717) is 0 Å². The van der Waals surface area contributed by atoms with Gasteiger partial charge < -0.3 is 0 Å². The van der Waals surface area contributed by atoms with Crippen molar-refractivity contribution in [2.45, 2.75) is 0 Å². The van der Waals surface area contributed by atoms with Crippen molar-refractivity contribution >= 4 is 41.6 Å². The summed E-state index contributed by atoms with van der Waals surface area (Å²) < 4.78 is 0. The number of fused-ring (bicyclic) bond motifs is 7. The molecule has 0 fully saturated rings. The van der Waals surface area contributed by atoms with Gasteiger partial charge >= 0.3 is 0 Å². The zero-order chi connectivity index (χ0) is 13.8. The van der Waals surface area contributed by atoms with Gasteiger partial charge in [-0.05, 0) is 27.6 Å². The van der Waals surface area contributed by atoms with Crippen molar-refractivity contribution in [2.24, 2.45) is 0 Å². The van der Waals surface area contributed by atoms with Crippen LogP contribution >= 0.6 is 0 Å². The summed E-state index contributed by atoms with van der Waals surface area (Å²) in [6.45, 7) is 0. The first-order valence-corrected chi connectivity index (χ1v) is 8.71. The molecule has 5 rings (SSSR count). The molecule has 1 aliphatic heterocycles. The van der Waals surface area contributed by atoms with Gasteiger partial charge in [-0.3, -0.25) is 4.98 Å². The molecule has 0 bridgehead atoms. The first-order chi connectivity index (χ1) is 10.4. The fourth-order valence-electron chi connectivity index (χ4n) is 3.59. The molecule has 0 aliphatic carbocycles. The van der Waals surface area contributed by atoms with Crippen molar-refractivity contribution in [2.75, 3.05) is 0 Å². The highest BCUT2D eigenvalue weighted by atomic mass is 28.2. The molecule has 98 valence electrons. The summed E-state index contributed by atoms with van der Waals surface area (Å²) in [4.78, 5) is 4.65. The summed E-state index contributed by atoms with van der Waals surface area (Å²) in [7, 11) is -0.410. The van der Waals surface area contributed by atoms with Crippen LogP contribution in [-0.2, 0) is 0 Å². The van der Waals surface area contributed by atoms with Crippen LogP contribution in [0.25, 0.3) is 32.8 Å². The molecular formula is C19H13NSi. The van der Waals surface area contributed by atoms with Crippen molar-refractivity contribution in [3.8, 4) is 11.1 Å². The summed E-state index contributed by atoms with van der Waals surface area (Å²) >= 11 is 0. The highest BCUT2D eigenvalue weighted by Gasteiger charge is 2.23. The molecule has 3 aromatic carbocycles. The summed E-state index contributed by atoms with van der Waals surface area (Å²) in [6.07, 6.45) is 1.91. The van der Waals surface area contributed by atoms with Gasteiger partial charge in [0.25, 0.3) is 0 Å². The van der Waals surface area contributed by atoms with Crippen LogP contribution in [0.5, 0.6) is 0 Å². The Labute approximate surface area is 125 Å². The average Bonchev–Trinajstić information content (AvgIpc) is 2.94. The molecule has 0 radical (unpaired) electrons. The fraction of sp³-hybridized carbons (Fsp3) is 0. The number of rotatable bonds is 0. The largest absolute Gasteiger partial charge is 0.256 e. The van der Waals surface area contributed by atoms with E-state index in [1.165, 1.54) is 32.5 Å². The Bertz CT molecular complexity index is 1020. The van der Waals surface area contributed by atoms with E-state index in [4.69, 9.17) is 0 Å². The zero-order valence-electron chi connectivity index (χ0n) is 11.5. The molecule has 1 aromatic heterocycles. The molecule has 1 nitrogen and oxygen atoms in total.